The van der Waals surface area contributed by atoms with Crippen LogP contribution in [0.4, 0.5) is 10.5 Å². The van der Waals surface area contributed by atoms with Crippen LogP contribution in [0.2, 0.25) is 5.02 Å². The minimum Gasteiger partial charge on any atom is -0.465 e. The number of hydrogen-bond donors (Lipinski definition) is 4. The number of carbonyl (C=O) groups excluding carboxylic acids is 2. The summed E-state index contributed by atoms with van der Waals surface area (Å²) < 4.78 is 0.361. The number of hydrogen-bond acceptors (Lipinski definition) is 5. The van der Waals surface area contributed by atoms with E-state index in [1.165, 1.54) is 0 Å². The lowest BCUT2D eigenvalue weighted by Crippen LogP contribution is -2.49. The Hall–Kier alpha value is -6.24. The summed E-state index contributed by atoms with van der Waals surface area (Å²) in [6.45, 7) is 1.51. The molecular weight excluding hydrogens is 752 g/mol. The minimum absolute atomic E-state index is 0.0746. The Balaban J connectivity index is 0.914. The molecule has 3 amide bonds. The van der Waals surface area contributed by atoms with E-state index < -0.39 is 12.1 Å². The van der Waals surface area contributed by atoms with Gasteiger partial charge in [0.25, 0.3) is 11.8 Å². The maximum absolute atomic E-state index is 13.7. The van der Waals surface area contributed by atoms with Gasteiger partial charge >= 0.3 is 6.09 Å². The molecule has 0 aliphatic carbocycles. The number of para-hydroxylation sites is 1. The van der Waals surface area contributed by atoms with Crippen molar-refractivity contribution in [2.45, 2.75) is 43.8 Å². The van der Waals surface area contributed by atoms with E-state index >= 15 is 0 Å². The summed E-state index contributed by atoms with van der Waals surface area (Å²) in [6.07, 6.45) is 5.67. The normalized spacial score (nSPS) is 17.4. The molecule has 58 heavy (non-hydrogen) atoms. The summed E-state index contributed by atoms with van der Waals surface area (Å²) in [5.74, 6) is 1.25. The highest BCUT2D eigenvalue weighted by atomic mass is 35.5. The quantitative estimate of drug-likeness (QED) is 0.0969. The van der Waals surface area contributed by atoms with E-state index in [1.807, 2.05) is 67.7 Å². The zero-order chi connectivity index (χ0) is 40.4. The van der Waals surface area contributed by atoms with Gasteiger partial charge in [0.2, 0.25) is 0 Å². The SMILES string of the molecule is C[N+](C)(CC(=O)N1CCC[C@H]1c1ncc(-c2ccc(-c3ccc(-c4cnc([C@@H]5CCCN5C(=O)[C@H](NC(=O)O)c5ccccc5)[nH]4)cc3)cc2)[nH]1)c1ccccc1Cl. The topological polar surface area (TPSA) is 147 Å². The highest BCUT2D eigenvalue weighted by molar-refractivity contribution is 6.33. The summed E-state index contributed by atoms with van der Waals surface area (Å²) in [5, 5.41) is 12.6. The van der Waals surface area contributed by atoms with Crippen molar-refractivity contribution in [2.24, 2.45) is 0 Å². The second kappa shape index (κ2) is 16.3. The van der Waals surface area contributed by atoms with Gasteiger partial charge in [0.15, 0.2) is 12.2 Å². The number of likely N-dealkylation sites (tertiary alicyclic amines) is 2. The van der Waals surface area contributed by atoms with Gasteiger partial charge in [-0.15, -0.1) is 0 Å². The third-order valence-corrected chi connectivity index (χ3v) is 11.7. The second-order valence-electron chi connectivity index (χ2n) is 15.5. The van der Waals surface area contributed by atoms with Crippen molar-refractivity contribution in [3.8, 4) is 33.6 Å². The highest BCUT2D eigenvalue weighted by Crippen LogP contribution is 2.36. The van der Waals surface area contributed by atoms with E-state index in [-0.39, 0.29) is 23.9 Å². The second-order valence-corrected chi connectivity index (χ2v) is 15.9. The van der Waals surface area contributed by atoms with Crippen molar-refractivity contribution in [3.63, 3.8) is 0 Å². The summed E-state index contributed by atoms with van der Waals surface area (Å²) in [7, 11) is 4.01. The Bertz CT molecular complexity index is 2410. The first-order valence-corrected chi connectivity index (χ1v) is 20.0. The molecule has 2 aliphatic rings. The Kier molecular flexibility index (Phi) is 10.9. The first-order valence-electron chi connectivity index (χ1n) is 19.6. The fourth-order valence-electron chi connectivity index (χ4n) is 8.33. The standard InChI is InChI=1S/C45H45ClN8O4/c1-54(2,39-15-7-6-12-34(39)46)28-40(55)52-24-8-13-37(52)42-47-26-35(49-42)31-20-16-29(17-21-31)30-18-22-32(23-19-30)36-27-48-43(50-36)38-14-9-25-53(38)44(56)41(51-45(57)58)33-10-4-3-5-11-33/h3-7,10-12,15-23,26-27,37-38,41,51H,8-9,13-14,24-25,28H2,1-2H3,(H2-,47,48,49,50,57,58)/p+1/t37-,38-,41+/m0/s1. The Morgan fingerprint density at radius 3 is 1.79 bits per heavy atom. The van der Waals surface area contributed by atoms with Gasteiger partial charge < -0.3 is 30.2 Å². The Morgan fingerprint density at radius 2 is 1.24 bits per heavy atom. The van der Waals surface area contributed by atoms with Crippen molar-refractivity contribution in [3.05, 3.63) is 138 Å². The van der Waals surface area contributed by atoms with E-state index in [2.05, 4.69) is 56.7 Å². The summed E-state index contributed by atoms with van der Waals surface area (Å²) in [4.78, 5) is 59.0. The fourth-order valence-corrected chi connectivity index (χ4v) is 8.70. The van der Waals surface area contributed by atoms with Crippen LogP contribution >= 0.6 is 11.6 Å². The van der Waals surface area contributed by atoms with Crippen molar-refractivity contribution in [2.75, 3.05) is 33.7 Å². The number of aromatic nitrogens is 4. The van der Waals surface area contributed by atoms with Gasteiger partial charge in [0.1, 0.15) is 22.7 Å². The molecule has 2 aliphatic heterocycles. The predicted octanol–water partition coefficient (Wildman–Crippen LogP) is 8.39. The van der Waals surface area contributed by atoms with E-state index in [0.717, 1.165) is 70.8 Å². The number of amides is 3. The van der Waals surface area contributed by atoms with Gasteiger partial charge in [-0.2, -0.15) is 0 Å². The fraction of sp³-hybridized carbons (Fsp3) is 0.267. The van der Waals surface area contributed by atoms with Crippen molar-refractivity contribution in [1.82, 2.24) is 39.5 Å². The van der Waals surface area contributed by atoms with Crippen LogP contribution in [0.1, 0.15) is 61.0 Å². The molecule has 296 valence electrons. The van der Waals surface area contributed by atoms with E-state index in [0.29, 0.717) is 40.5 Å². The number of quaternary nitrogens is 1. The number of imidazole rings is 2. The zero-order valence-electron chi connectivity index (χ0n) is 32.4. The maximum atomic E-state index is 13.7. The van der Waals surface area contributed by atoms with Crippen molar-refractivity contribution in [1.29, 1.82) is 0 Å². The molecule has 0 radical (unpaired) electrons. The number of aromatic amines is 2. The number of H-pyrrole nitrogens is 2. The number of carbonyl (C=O) groups is 3. The molecule has 0 bridgehead atoms. The molecule has 2 fully saturated rings. The first kappa shape index (κ1) is 38.6. The highest BCUT2D eigenvalue weighted by Gasteiger charge is 2.38. The van der Waals surface area contributed by atoms with Crippen LogP contribution in [-0.4, -0.2) is 86.5 Å². The molecule has 4 heterocycles. The molecule has 12 nitrogen and oxygen atoms in total. The number of nitrogens with zero attached hydrogens (tertiary/aromatic N) is 5. The molecule has 0 unspecified atom stereocenters. The van der Waals surface area contributed by atoms with Crippen LogP contribution in [0.25, 0.3) is 33.6 Å². The smallest absolute Gasteiger partial charge is 0.405 e. The molecule has 0 saturated carbocycles. The van der Waals surface area contributed by atoms with Gasteiger partial charge in [0.05, 0.1) is 50.0 Å². The van der Waals surface area contributed by atoms with Crippen LogP contribution in [-0.2, 0) is 9.59 Å². The van der Waals surface area contributed by atoms with Crippen LogP contribution < -0.4 is 9.80 Å². The molecule has 13 heteroatoms. The van der Waals surface area contributed by atoms with Crippen LogP contribution in [0.15, 0.2) is 116 Å². The number of benzene rings is 4. The first-order chi connectivity index (χ1) is 28.1. The zero-order valence-corrected chi connectivity index (χ0v) is 33.2. The third-order valence-electron chi connectivity index (χ3n) is 11.3. The van der Waals surface area contributed by atoms with Crippen LogP contribution in [0.5, 0.6) is 0 Å². The Labute approximate surface area is 342 Å². The molecule has 2 aromatic heterocycles. The Morgan fingerprint density at radius 1 is 0.741 bits per heavy atom. The summed E-state index contributed by atoms with van der Waals surface area (Å²) in [5.41, 5.74) is 7.33. The molecule has 4 aromatic carbocycles. The van der Waals surface area contributed by atoms with Gasteiger partial charge in [0, 0.05) is 19.2 Å². The van der Waals surface area contributed by atoms with E-state index in [4.69, 9.17) is 16.6 Å². The van der Waals surface area contributed by atoms with Crippen LogP contribution in [0, 0.1) is 0 Å². The molecule has 3 atom stereocenters. The average molecular weight is 798 g/mol. The molecule has 2 saturated heterocycles. The summed E-state index contributed by atoms with van der Waals surface area (Å²) in [6, 6.07) is 31.8. The number of halogens is 1. The summed E-state index contributed by atoms with van der Waals surface area (Å²) >= 11 is 6.49. The molecule has 0 spiro atoms. The van der Waals surface area contributed by atoms with Gasteiger partial charge in [-0.25, -0.2) is 14.8 Å². The maximum Gasteiger partial charge on any atom is 0.405 e. The van der Waals surface area contributed by atoms with Gasteiger partial charge in [-0.1, -0.05) is 103 Å². The lowest BCUT2D eigenvalue weighted by atomic mass is 10.0. The number of likely N-dealkylation sites (N-methyl/N-ethyl adjacent to an activating group) is 1. The van der Waals surface area contributed by atoms with Gasteiger partial charge in [-0.05, 0) is 59.6 Å². The number of rotatable bonds is 11. The lowest BCUT2D eigenvalue weighted by molar-refractivity contribution is -0.134. The largest absolute Gasteiger partial charge is 0.465 e. The van der Waals surface area contributed by atoms with Gasteiger partial charge in [-0.3, -0.25) is 14.1 Å². The predicted molar refractivity (Wildman–Crippen MR) is 225 cm³/mol. The monoisotopic (exact) mass is 797 g/mol. The molecular formula is C45H46ClN8O4+. The third kappa shape index (κ3) is 7.98. The molecule has 4 N–H and O–H groups in total. The van der Waals surface area contributed by atoms with Crippen LogP contribution in [0.3, 0.4) is 0 Å². The van der Waals surface area contributed by atoms with E-state index in [9.17, 15) is 19.5 Å². The van der Waals surface area contributed by atoms with E-state index in [1.54, 1.807) is 35.4 Å². The molecule has 8 rings (SSSR count). The van der Waals surface area contributed by atoms with Crippen molar-refractivity contribution >= 4 is 35.2 Å². The molecule has 6 aromatic rings. The minimum atomic E-state index is -1.25. The number of carboxylic acid groups (broad SMARTS) is 1. The number of nitrogens with one attached hydrogen (secondary N) is 3. The average Bonchev–Trinajstić information content (AvgIpc) is 4.07. The van der Waals surface area contributed by atoms with Crippen molar-refractivity contribution < 1.29 is 19.5 Å². The lowest BCUT2D eigenvalue weighted by Gasteiger charge is -2.32.